The Labute approximate surface area is 86.2 Å². The van der Waals surface area contributed by atoms with Crippen molar-refractivity contribution in [1.82, 2.24) is 5.32 Å². The van der Waals surface area contributed by atoms with Crippen molar-refractivity contribution in [2.45, 2.75) is 51.8 Å². The molecule has 0 saturated heterocycles. The summed E-state index contributed by atoms with van der Waals surface area (Å²) in [6.07, 6.45) is 1.96. The molecule has 0 aliphatic carbocycles. The predicted molar refractivity (Wildman–Crippen MR) is 56.7 cm³/mol. The van der Waals surface area contributed by atoms with E-state index in [1.165, 1.54) is 0 Å². The van der Waals surface area contributed by atoms with E-state index in [1.807, 2.05) is 20.8 Å². The van der Waals surface area contributed by atoms with Crippen molar-refractivity contribution in [3.05, 3.63) is 0 Å². The smallest absolute Gasteiger partial charge is 0.306 e. The number of ether oxygens (including phenoxy) is 1. The average Bonchev–Trinajstić information content (AvgIpc) is 2.00. The fraction of sp³-hybridized carbons (Fsp3) is 0.900. The van der Waals surface area contributed by atoms with Gasteiger partial charge in [0.15, 0.2) is 0 Å². The second kappa shape index (κ2) is 5.98. The van der Waals surface area contributed by atoms with Crippen LogP contribution in [0.15, 0.2) is 0 Å². The first kappa shape index (κ1) is 13.4. The molecule has 1 atom stereocenters. The summed E-state index contributed by atoms with van der Waals surface area (Å²) in [5.74, 6) is -0.152. The second-order valence-electron chi connectivity index (χ2n) is 4.37. The summed E-state index contributed by atoms with van der Waals surface area (Å²) in [7, 11) is 1.80. The molecule has 3 N–H and O–H groups in total. The number of rotatable bonds is 5. The van der Waals surface area contributed by atoms with Gasteiger partial charge in [-0.25, -0.2) is 0 Å². The Morgan fingerprint density at radius 3 is 2.50 bits per heavy atom. The first-order chi connectivity index (χ1) is 6.35. The number of esters is 1. The molecular formula is C10H22N2O2. The molecule has 0 bridgehead atoms. The number of hydrogen-bond donors (Lipinski definition) is 2. The number of carbonyl (C=O) groups excluding carboxylic acids is 1. The first-order valence-electron chi connectivity index (χ1n) is 5.00. The number of nitrogens with two attached hydrogens (primary N) is 1. The number of nitrogens with one attached hydrogen (secondary N) is 1. The predicted octanol–water partition coefficient (Wildman–Crippen LogP) is 1.00. The van der Waals surface area contributed by atoms with E-state index in [2.05, 4.69) is 5.32 Å². The van der Waals surface area contributed by atoms with E-state index < -0.39 is 0 Å². The largest absolute Gasteiger partial charge is 0.460 e. The van der Waals surface area contributed by atoms with Crippen LogP contribution in [0, 0.1) is 0 Å². The molecule has 4 nitrogen and oxygen atoms in total. The lowest BCUT2D eigenvalue weighted by Crippen LogP contribution is -2.34. The maximum atomic E-state index is 11.2. The van der Waals surface area contributed by atoms with Gasteiger partial charge in [-0.3, -0.25) is 4.79 Å². The Kier molecular flexibility index (Phi) is 5.72. The second-order valence-corrected chi connectivity index (χ2v) is 4.37. The summed E-state index contributed by atoms with van der Waals surface area (Å²) in [4.78, 5) is 11.2. The highest BCUT2D eigenvalue weighted by molar-refractivity contribution is 5.69. The Morgan fingerprint density at radius 2 is 2.07 bits per heavy atom. The summed E-state index contributed by atoms with van der Waals surface area (Å²) in [6.45, 7) is 5.60. The highest BCUT2D eigenvalue weighted by Gasteiger charge is 2.15. The van der Waals surface area contributed by atoms with E-state index in [-0.39, 0.29) is 17.7 Å². The van der Waals surface area contributed by atoms with Gasteiger partial charge in [0, 0.05) is 6.42 Å². The minimum Gasteiger partial charge on any atom is -0.460 e. The number of hydrogen-bond acceptors (Lipinski definition) is 4. The third-order valence-electron chi connectivity index (χ3n) is 1.69. The maximum Gasteiger partial charge on any atom is 0.306 e. The molecular weight excluding hydrogens is 180 g/mol. The van der Waals surface area contributed by atoms with Gasteiger partial charge >= 0.3 is 5.97 Å². The lowest BCUT2D eigenvalue weighted by molar-refractivity contribution is -0.154. The molecule has 0 aromatic heterocycles. The molecule has 0 amide bonds. The monoisotopic (exact) mass is 202 g/mol. The zero-order chi connectivity index (χ0) is 11.2. The van der Waals surface area contributed by atoms with Gasteiger partial charge in [0.25, 0.3) is 0 Å². The van der Waals surface area contributed by atoms with Crippen molar-refractivity contribution in [2.75, 3.05) is 7.05 Å². The van der Waals surface area contributed by atoms with Crippen LogP contribution >= 0.6 is 0 Å². The molecule has 84 valence electrons. The van der Waals surface area contributed by atoms with Crippen molar-refractivity contribution in [3.8, 4) is 0 Å². The van der Waals surface area contributed by atoms with Crippen LogP contribution in [0.2, 0.25) is 0 Å². The van der Waals surface area contributed by atoms with Crippen LogP contribution < -0.4 is 11.1 Å². The van der Waals surface area contributed by atoms with Crippen molar-refractivity contribution in [1.29, 1.82) is 0 Å². The molecule has 0 spiro atoms. The SMILES string of the molecule is CNC(N)CCCC(=O)OC(C)(C)C. The van der Waals surface area contributed by atoms with E-state index in [0.717, 1.165) is 12.8 Å². The van der Waals surface area contributed by atoms with Crippen LogP contribution in [0.25, 0.3) is 0 Å². The molecule has 0 aliphatic rings. The molecule has 0 aromatic rings. The molecule has 0 aliphatic heterocycles. The van der Waals surface area contributed by atoms with Gasteiger partial charge in [-0.05, 0) is 40.7 Å². The standard InChI is InChI=1S/C10H22N2O2/c1-10(2,3)14-9(13)7-5-6-8(11)12-4/h8,12H,5-7,11H2,1-4H3. The van der Waals surface area contributed by atoms with Crippen molar-refractivity contribution < 1.29 is 9.53 Å². The fourth-order valence-electron chi connectivity index (χ4n) is 1.00. The van der Waals surface area contributed by atoms with Crippen molar-refractivity contribution >= 4 is 5.97 Å². The lowest BCUT2D eigenvalue weighted by atomic mass is 10.2. The minimum atomic E-state index is -0.387. The van der Waals surface area contributed by atoms with Crippen LogP contribution in [0.1, 0.15) is 40.0 Å². The van der Waals surface area contributed by atoms with Crippen molar-refractivity contribution in [2.24, 2.45) is 5.73 Å². The Hall–Kier alpha value is -0.610. The van der Waals surface area contributed by atoms with E-state index in [1.54, 1.807) is 7.05 Å². The van der Waals surface area contributed by atoms with Gasteiger partial charge in [0.05, 0.1) is 6.17 Å². The highest BCUT2D eigenvalue weighted by atomic mass is 16.6. The summed E-state index contributed by atoms with van der Waals surface area (Å²) < 4.78 is 5.15. The first-order valence-corrected chi connectivity index (χ1v) is 5.00. The molecule has 0 saturated carbocycles. The van der Waals surface area contributed by atoms with E-state index >= 15 is 0 Å². The van der Waals surface area contributed by atoms with Crippen molar-refractivity contribution in [3.63, 3.8) is 0 Å². The van der Waals surface area contributed by atoms with Gasteiger partial charge in [-0.1, -0.05) is 0 Å². The van der Waals surface area contributed by atoms with Crippen LogP contribution in [0.5, 0.6) is 0 Å². The van der Waals surface area contributed by atoms with Gasteiger partial charge in [0.1, 0.15) is 5.60 Å². The molecule has 0 aromatic carbocycles. The zero-order valence-electron chi connectivity index (χ0n) is 9.59. The Balaban J connectivity index is 3.55. The molecule has 0 rings (SSSR count). The molecule has 14 heavy (non-hydrogen) atoms. The summed E-state index contributed by atoms with van der Waals surface area (Å²) in [5.41, 5.74) is 5.24. The van der Waals surface area contributed by atoms with Gasteiger partial charge < -0.3 is 15.8 Å². The van der Waals surface area contributed by atoms with E-state index in [0.29, 0.717) is 6.42 Å². The molecule has 4 heteroatoms. The normalized spacial score (nSPS) is 13.8. The molecule has 0 heterocycles. The minimum absolute atomic E-state index is 0.0302. The van der Waals surface area contributed by atoms with Gasteiger partial charge in [0.2, 0.25) is 0 Å². The van der Waals surface area contributed by atoms with E-state index in [9.17, 15) is 4.79 Å². The van der Waals surface area contributed by atoms with Gasteiger partial charge in [-0.2, -0.15) is 0 Å². The summed E-state index contributed by atoms with van der Waals surface area (Å²) in [5, 5.41) is 2.91. The summed E-state index contributed by atoms with van der Waals surface area (Å²) in [6, 6.07) is 0. The van der Waals surface area contributed by atoms with E-state index in [4.69, 9.17) is 10.5 Å². The van der Waals surface area contributed by atoms with Crippen LogP contribution in [0.3, 0.4) is 0 Å². The summed E-state index contributed by atoms with van der Waals surface area (Å²) >= 11 is 0. The van der Waals surface area contributed by atoms with Crippen LogP contribution in [-0.2, 0) is 9.53 Å². The van der Waals surface area contributed by atoms with Crippen LogP contribution in [0.4, 0.5) is 0 Å². The molecule has 1 unspecified atom stereocenters. The highest BCUT2D eigenvalue weighted by Crippen LogP contribution is 2.09. The topological polar surface area (TPSA) is 64.3 Å². The molecule has 0 fully saturated rings. The average molecular weight is 202 g/mol. The Morgan fingerprint density at radius 1 is 1.50 bits per heavy atom. The molecule has 0 radical (unpaired) electrons. The fourth-order valence-corrected chi connectivity index (χ4v) is 1.00. The maximum absolute atomic E-state index is 11.2. The third-order valence-corrected chi connectivity index (χ3v) is 1.69. The quantitative estimate of drug-likeness (QED) is 0.515. The van der Waals surface area contributed by atoms with Gasteiger partial charge in [-0.15, -0.1) is 0 Å². The lowest BCUT2D eigenvalue weighted by Gasteiger charge is -2.19. The Bertz CT molecular complexity index is 175. The van der Waals surface area contributed by atoms with Crippen LogP contribution in [-0.4, -0.2) is 24.8 Å². The third kappa shape index (κ3) is 8.01. The number of carbonyl (C=O) groups is 1. The zero-order valence-corrected chi connectivity index (χ0v) is 9.59.